The van der Waals surface area contributed by atoms with Gasteiger partial charge in [0.1, 0.15) is 5.69 Å². The molecule has 0 radical (unpaired) electrons. The number of benzene rings is 1. The Morgan fingerprint density at radius 2 is 2.19 bits per heavy atom. The van der Waals surface area contributed by atoms with Crippen molar-refractivity contribution in [2.45, 2.75) is 5.75 Å². The van der Waals surface area contributed by atoms with Crippen molar-refractivity contribution in [3.8, 4) is 0 Å². The van der Waals surface area contributed by atoms with Crippen LogP contribution in [-0.2, 0) is 5.75 Å². The van der Waals surface area contributed by atoms with Gasteiger partial charge in [-0.1, -0.05) is 17.8 Å². The summed E-state index contributed by atoms with van der Waals surface area (Å²) >= 11 is 1.11. The molecule has 88 valence electrons. The first-order chi connectivity index (χ1) is 7.00. The number of halogens is 1. The highest BCUT2D eigenvalue weighted by atomic mass is 35.5. The smallest absolute Gasteiger partial charge is 0.292 e. The Morgan fingerprint density at radius 3 is 2.69 bits per heavy atom. The summed E-state index contributed by atoms with van der Waals surface area (Å²) in [5, 5.41) is 17.6. The normalized spacial score (nSPS) is 9.25. The fourth-order valence-electron chi connectivity index (χ4n) is 0.998. The second-order valence-corrected chi connectivity index (χ2v) is 3.82. The largest absolute Gasteiger partial charge is 0.393 e. The molecule has 0 aliphatic carbocycles. The third kappa shape index (κ3) is 3.95. The minimum atomic E-state index is -0.530. The van der Waals surface area contributed by atoms with Crippen molar-refractivity contribution in [1.29, 1.82) is 5.41 Å². The highest BCUT2D eigenvalue weighted by Gasteiger charge is 2.11. The topological polar surface area (TPSA) is 119 Å². The van der Waals surface area contributed by atoms with E-state index in [4.69, 9.17) is 16.9 Å². The lowest BCUT2D eigenvalue weighted by atomic mass is 10.2. The van der Waals surface area contributed by atoms with Crippen molar-refractivity contribution in [1.82, 2.24) is 0 Å². The maximum atomic E-state index is 10.6. The molecule has 0 amide bonds. The van der Waals surface area contributed by atoms with E-state index in [1.165, 1.54) is 12.1 Å². The molecule has 1 rings (SSSR count). The summed E-state index contributed by atoms with van der Waals surface area (Å²) in [7, 11) is 0. The Kier molecular flexibility index (Phi) is 5.62. The molecule has 5 N–H and O–H groups in total. The number of nitrogens with one attached hydrogen (secondary N) is 1. The van der Waals surface area contributed by atoms with Gasteiger partial charge in [0.25, 0.3) is 5.69 Å². The quantitative estimate of drug-likeness (QED) is 0.252. The number of anilines is 1. The van der Waals surface area contributed by atoms with Crippen LogP contribution < -0.4 is 11.5 Å². The van der Waals surface area contributed by atoms with E-state index < -0.39 is 4.92 Å². The Labute approximate surface area is 102 Å². The number of nitrogens with two attached hydrogens (primary N) is 2. The number of nitrogens with zero attached hydrogens (tertiary/aromatic N) is 1. The third-order valence-electron chi connectivity index (χ3n) is 1.69. The first kappa shape index (κ1) is 14.5. The molecule has 1 aromatic carbocycles. The average Bonchev–Trinajstić information content (AvgIpc) is 2.16. The van der Waals surface area contributed by atoms with Crippen LogP contribution in [0.4, 0.5) is 11.4 Å². The predicted molar refractivity (Wildman–Crippen MR) is 68.0 cm³/mol. The molecule has 0 atom stereocenters. The van der Waals surface area contributed by atoms with Gasteiger partial charge in [0, 0.05) is 11.8 Å². The number of nitro benzene ring substituents is 1. The zero-order chi connectivity index (χ0) is 11.4. The van der Waals surface area contributed by atoms with E-state index in [1.54, 1.807) is 6.07 Å². The van der Waals surface area contributed by atoms with E-state index in [2.05, 4.69) is 0 Å². The highest BCUT2D eigenvalue weighted by Crippen LogP contribution is 2.24. The van der Waals surface area contributed by atoms with Gasteiger partial charge in [0.2, 0.25) is 0 Å². The Bertz CT molecular complexity index is 413. The summed E-state index contributed by atoms with van der Waals surface area (Å²) in [5.41, 5.74) is 11.3. The molecule has 1 aromatic rings. The van der Waals surface area contributed by atoms with Crippen LogP contribution in [0.15, 0.2) is 18.2 Å². The average molecular weight is 263 g/mol. The van der Waals surface area contributed by atoms with Gasteiger partial charge in [-0.3, -0.25) is 15.5 Å². The van der Waals surface area contributed by atoms with Gasteiger partial charge >= 0.3 is 0 Å². The van der Waals surface area contributed by atoms with Crippen LogP contribution in [0.1, 0.15) is 5.56 Å². The molecule has 16 heavy (non-hydrogen) atoms. The van der Waals surface area contributed by atoms with E-state index >= 15 is 0 Å². The molecule has 0 unspecified atom stereocenters. The van der Waals surface area contributed by atoms with Gasteiger partial charge in [-0.15, -0.1) is 12.4 Å². The van der Waals surface area contributed by atoms with Gasteiger partial charge in [-0.05, 0) is 11.6 Å². The van der Waals surface area contributed by atoms with Gasteiger partial charge in [0.05, 0.1) is 4.92 Å². The van der Waals surface area contributed by atoms with Crippen LogP contribution in [0.3, 0.4) is 0 Å². The maximum absolute atomic E-state index is 10.6. The predicted octanol–water partition coefficient (Wildman–Crippen LogP) is 1.73. The van der Waals surface area contributed by atoms with Crippen molar-refractivity contribution in [3.05, 3.63) is 33.9 Å². The van der Waals surface area contributed by atoms with Crippen LogP contribution in [0, 0.1) is 15.5 Å². The molecule has 6 nitrogen and oxygen atoms in total. The van der Waals surface area contributed by atoms with E-state index in [1.807, 2.05) is 0 Å². The zero-order valence-electron chi connectivity index (χ0n) is 8.17. The van der Waals surface area contributed by atoms with E-state index in [-0.39, 0.29) is 28.9 Å². The van der Waals surface area contributed by atoms with E-state index in [0.717, 1.165) is 17.3 Å². The van der Waals surface area contributed by atoms with Crippen LogP contribution >= 0.6 is 24.2 Å². The molecule has 0 bridgehead atoms. The van der Waals surface area contributed by atoms with Crippen LogP contribution in [0.5, 0.6) is 0 Å². The summed E-state index contributed by atoms with van der Waals surface area (Å²) in [6.07, 6.45) is 0. The summed E-state index contributed by atoms with van der Waals surface area (Å²) in [5.74, 6) is 0.427. The number of hydrogen-bond acceptors (Lipinski definition) is 5. The molecular weight excluding hydrogens is 252 g/mol. The highest BCUT2D eigenvalue weighted by molar-refractivity contribution is 8.13. The molecule has 0 fully saturated rings. The molecule has 0 aromatic heterocycles. The maximum Gasteiger partial charge on any atom is 0.292 e. The van der Waals surface area contributed by atoms with Gasteiger partial charge in [0.15, 0.2) is 5.17 Å². The number of hydrogen-bond donors (Lipinski definition) is 3. The van der Waals surface area contributed by atoms with Crippen molar-refractivity contribution < 1.29 is 4.92 Å². The summed E-state index contributed by atoms with van der Waals surface area (Å²) < 4.78 is 0. The zero-order valence-corrected chi connectivity index (χ0v) is 9.81. The number of thioether (sulfide) groups is 1. The molecule has 0 aliphatic rings. The molecule has 0 spiro atoms. The second kappa shape index (κ2) is 6.19. The number of nitrogen functional groups attached to an aromatic ring is 1. The summed E-state index contributed by atoms with van der Waals surface area (Å²) in [6.45, 7) is 0. The minimum absolute atomic E-state index is 0. The number of rotatable bonds is 3. The van der Waals surface area contributed by atoms with Gasteiger partial charge < -0.3 is 11.5 Å². The monoisotopic (exact) mass is 262 g/mol. The fourth-order valence-corrected chi connectivity index (χ4v) is 1.50. The van der Waals surface area contributed by atoms with Gasteiger partial charge in [-0.2, -0.15) is 0 Å². The standard InChI is InChI=1S/C8H10N4O2S.ClH/c9-6-2-1-5(4-15-8(10)11)3-7(6)12(13)14;/h1-3H,4,9H2,(H3,10,11);1H. The lowest BCUT2D eigenvalue weighted by Gasteiger charge is -2.01. The van der Waals surface area contributed by atoms with Crippen LogP contribution in [-0.4, -0.2) is 10.1 Å². The third-order valence-corrected chi connectivity index (χ3v) is 2.47. The lowest BCUT2D eigenvalue weighted by Crippen LogP contribution is -2.04. The summed E-state index contributed by atoms with van der Waals surface area (Å²) in [4.78, 5) is 10.0. The Hall–Kier alpha value is -1.47. The van der Waals surface area contributed by atoms with Crippen molar-refractivity contribution in [2.24, 2.45) is 5.73 Å². The van der Waals surface area contributed by atoms with Crippen molar-refractivity contribution in [2.75, 3.05) is 5.73 Å². The van der Waals surface area contributed by atoms with E-state index in [9.17, 15) is 10.1 Å². The fraction of sp³-hybridized carbons (Fsp3) is 0.125. The first-order valence-electron chi connectivity index (χ1n) is 4.00. The van der Waals surface area contributed by atoms with Gasteiger partial charge in [-0.25, -0.2) is 0 Å². The summed E-state index contributed by atoms with van der Waals surface area (Å²) in [6, 6.07) is 4.55. The number of amidine groups is 1. The molecule has 0 saturated heterocycles. The minimum Gasteiger partial charge on any atom is -0.393 e. The molecule has 0 heterocycles. The van der Waals surface area contributed by atoms with Crippen molar-refractivity contribution >= 4 is 40.7 Å². The van der Waals surface area contributed by atoms with Crippen LogP contribution in [0.2, 0.25) is 0 Å². The second-order valence-electron chi connectivity index (χ2n) is 2.80. The SMILES string of the molecule is Cl.N=C(N)SCc1ccc(N)c([N+](=O)[O-])c1. The van der Waals surface area contributed by atoms with Crippen molar-refractivity contribution in [3.63, 3.8) is 0 Å². The number of nitro groups is 1. The molecule has 0 saturated carbocycles. The Balaban J connectivity index is 0.00000225. The van der Waals surface area contributed by atoms with Crippen LogP contribution in [0.25, 0.3) is 0 Å². The lowest BCUT2D eigenvalue weighted by molar-refractivity contribution is -0.383. The molecule has 0 aliphatic heterocycles. The van der Waals surface area contributed by atoms with E-state index in [0.29, 0.717) is 5.75 Å². The first-order valence-corrected chi connectivity index (χ1v) is 4.99. The molecule has 8 heteroatoms. The Morgan fingerprint density at radius 1 is 1.56 bits per heavy atom. The molecular formula is C8H11ClN4O2S.